The number of anilines is 2. The first-order valence-corrected chi connectivity index (χ1v) is 9.79. The number of halogens is 2. The molecule has 0 radical (unpaired) electrons. The standard InChI is InChI=1S/C23H22F2N2O2/c24-18-7-2-1-6-17(18)21-12-10-16(29-21)11-13-22(28)26-23-19(25)8-5-9-20(23)27-14-3-4-15-27/h1-2,5-10,12H,3-4,11,13-15H2,(H,26,28). The molecule has 0 saturated carbocycles. The summed E-state index contributed by atoms with van der Waals surface area (Å²) in [5.74, 6) is -0.0993. The molecule has 2 heterocycles. The molecule has 3 aromatic rings. The Morgan fingerprint density at radius 3 is 2.52 bits per heavy atom. The molecule has 1 aliphatic heterocycles. The summed E-state index contributed by atoms with van der Waals surface area (Å²) in [6.45, 7) is 1.72. The first kappa shape index (κ1) is 19.2. The molecular weight excluding hydrogens is 374 g/mol. The highest BCUT2D eigenvalue weighted by molar-refractivity contribution is 5.94. The van der Waals surface area contributed by atoms with Crippen LogP contribution in [0.4, 0.5) is 20.2 Å². The summed E-state index contributed by atoms with van der Waals surface area (Å²) in [5, 5.41) is 2.72. The van der Waals surface area contributed by atoms with Gasteiger partial charge in [0.25, 0.3) is 0 Å². The van der Waals surface area contributed by atoms with Gasteiger partial charge in [0, 0.05) is 25.9 Å². The maximum Gasteiger partial charge on any atom is 0.224 e. The average Bonchev–Trinajstić information content (AvgIpc) is 3.40. The summed E-state index contributed by atoms with van der Waals surface area (Å²) in [5.41, 5.74) is 1.33. The number of aryl methyl sites for hydroxylation is 1. The van der Waals surface area contributed by atoms with Gasteiger partial charge in [0.1, 0.15) is 28.8 Å². The van der Waals surface area contributed by atoms with E-state index in [1.807, 2.05) is 6.07 Å². The minimum Gasteiger partial charge on any atom is -0.461 e. The molecular formula is C23H22F2N2O2. The fourth-order valence-electron chi connectivity index (χ4n) is 3.61. The number of nitrogens with zero attached hydrogens (tertiary/aromatic N) is 1. The SMILES string of the molecule is O=C(CCc1ccc(-c2ccccc2F)o1)Nc1c(F)cccc1N1CCCC1. The van der Waals surface area contributed by atoms with Crippen LogP contribution in [0.2, 0.25) is 0 Å². The number of furan rings is 1. The number of carbonyl (C=O) groups excluding carboxylic acids is 1. The Morgan fingerprint density at radius 1 is 0.966 bits per heavy atom. The third kappa shape index (κ3) is 4.31. The van der Waals surface area contributed by atoms with Crippen molar-refractivity contribution in [3.05, 3.63) is 72.0 Å². The number of hydrogen-bond donors (Lipinski definition) is 1. The summed E-state index contributed by atoms with van der Waals surface area (Å²) in [4.78, 5) is 14.5. The molecule has 4 rings (SSSR count). The van der Waals surface area contributed by atoms with E-state index in [0.29, 0.717) is 23.5 Å². The summed E-state index contributed by atoms with van der Waals surface area (Å²) in [6, 6.07) is 14.6. The predicted molar refractivity (Wildman–Crippen MR) is 109 cm³/mol. The Balaban J connectivity index is 1.41. The second kappa shape index (κ2) is 8.47. The van der Waals surface area contributed by atoms with E-state index in [0.717, 1.165) is 31.6 Å². The number of benzene rings is 2. The van der Waals surface area contributed by atoms with Crippen molar-refractivity contribution in [2.45, 2.75) is 25.7 Å². The molecule has 0 spiro atoms. The molecule has 0 bridgehead atoms. The summed E-state index contributed by atoms with van der Waals surface area (Å²) >= 11 is 0. The van der Waals surface area contributed by atoms with Gasteiger partial charge in [-0.25, -0.2) is 8.78 Å². The Labute approximate surface area is 168 Å². The lowest BCUT2D eigenvalue weighted by molar-refractivity contribution is -0.116. The van der Waals surface area contributed by atoms with Gasteiger partial charge >= 0.3 is 0 Å². The van der Waals surface area contributed by atoms with Crippen molar-refractivity contribution in [2.24, 2.45) is 0 Å². The first-order chi connectivity index (χ1) is 14.1. The number of hydrogen-bond acceptors (Lipinski definition) is 3. The molecule has 0 unspecified atom stereocenters. The lowest BCUT2D eigenvalue weighted by Crippen LogP contribution is -2.22. The average molecular weight is 396 g/mol. The zero-order chi connectivity index (χ0) is 20.2. The highest BCUT2D eigenvalue weighted by Gasteiger charge is 2.20. The highest BCUT2D eigenvalue weighted by Crippen LogP contribution is 2.31. The van der Waals surface area contributed by atoms with E-state index in [1.54, 1.807) is 36.4 Å². The van der Waals surface area contributed by atoms with Gasteiger partial charge in [-0.15, -0.1) is 0 Å². The summed E-state index contributed by atoms with van der Waals surface area (Å²) in [7, 11) is 0. The number of carbonyl (C=O) groups is 1. The van der Waals surface area contributed by atoms with Crippen molar-refractivity contribution in [2.75, 3.05) is 23.3 Å². The van der Waals surface area contributed by atoms with Gasteiger partial charge in [-0.05, 0) is 49.2 Å². The zero-order valence-corrected chi connectivity index (χ0v) is 16.0. The molecule has 1 aromatic heterocycles. The molecule has 6 heteroatoms. The third-order valence-electron chi connectivity index (χ3n) is 5.10. The van der Waals surface area contributed by atoms with E-state index in [-0.39, 0.29) is 23.8 Å². The van der Waals surface area contributed by atoms with Crippen molar-refractivity contribution in [1.82, 2.24) is 0 Å². The van der Waals surface area contributed by atoms with Gasteiger partial charge in [-0.3, -0.25) is 4.79 Å². The van der Waals surface area contributed by atoms with Gasteiger partial charge in [0.05, 0.1) is 11.3 Å². The molecule has 4 nitrogen and oxygen atoms in total. The Kier molecular flexibility index (Phi) is 5.60. The maximum absolute atomic E-state index is 14.4. The molecule has 1 aliphatic rings. The zero-order valence-electron chi connectivity index (χ0n) is 16.0. The van der Waals surface area contributed by atoms with Crippen LogP contribution >= 0.6 is 0 Å². The number of nitrogens with one attached hydrogen (secondary N) is 1. The van der Waals surface area contributed by atoms with Crippen LogP contribution in [-0.2, 0) is 11.2 Å². The van der Waals surface area contributed by atoms with Gasteiger partial charge in [0.15, 0.2) is 0 Å². The smallest absolute Gasteiger partial charge is 0.224 e. The molecule has 0 atom stereocenters. The maximum atomic E-state index is 14.4. The molecule has 2 aromatic carbocycles. The van der Waals surface area contributed by atoms with Crippen LogP contribution < -0.4 is 10.2 Å². The first-order valence-electron chi connectivity index (χ1n) is 9.79. The van der Waals surface area contributed by atoms with E-state index in [2.05, 4.69) is 10.2 Å². The Morgan fingerprint density at radius 2 is 1.72 bits per heavy atom. The van der Waals surface area contributed by atoms with E-state index < -0.39 is 5.82 Å². The third-order valence-corrected chi connectivity index (χ3v) is 5.10. The predicted octanol–water partition coefficient (Wildman–Crippen LogP) is 5.40. The second-order valence-corrected chi connectivity index (χ2v) is 7.12. The minimum absolute atomic E-state index is 0.137. The van der Waals surface area contributed by atoms with Gasteiger partial charge in [-0.2, -0.15) is 0 Å². The largest absolute Gasteiger partial charge is 0.461 e. The molecule has 1 N–H and O–H groups in total. The van der Waals surface area contributed by atoms with E-state index in [1.165, 1.54) is 12.1 Å². The van der Waals surface area contributed by atoms with Gasteiger partial charge in [-0.1, -0.05) is 18.2 Å². The Hall–Kier alpha value is -3.15. The fraction of sp³-hybridized carbons (Fsp3) is 0.261. The molecule has 1 amide bonds. The molecule has 1 saturated heterocycles. The number of rotatable bonds is 6. The van der Waals surface area contributed by atoms with Gasteiger partial charge < -0.3 is 14.6 Å². The van der Waals surface area contributed by atoms with Gasteiger partial charge in [0.2, 0.25) is 5.91 Å². The molecule has 0 aliphatic carbocycles. The monoisotopic (exact) mass is 396 g/mol. The van der Waals surface area contributed by atoms with E-state index in [9.17, 15) is 13.6 Å². The van der Waals surface area contributed by atoms with Crippen LogP contribution in [-0.4, -0.2) is 19.0 Å². The van der Waals surface area contributed by atoms with Crippen molar-refractivity contribution in [1.29, 1.82) is 0 Å². The normalized spacial score (nSPS) is 13.7. The lowest BCUT2D eigenvalue weighted by Gasteiger charge is -2.22. The van der Waals surface area contributed by atoms with E-state index >= 15 is 0 Å². The van der Waals surface area contributed by atoms with Crippen molar-refractivity contribution in [3.63, 3.8) is 0 Å². The quantitative estimate of drug-likeness (QED) is 0.607. The van der Waals surface area contributed by atoms with Crippen molar-refractivity contribution < 1.29 is 18.0 Å². The van der Waals surface area contributed by atoms with Crippen LogP contribution in [0.15, 0.2) is 59.0 Å². The van der Waals surface area contributed by atoms with Crippen LogP contribution in [0.1, 0.15) is 25.0 Å². The Bertz CT molecular complexity index is 1010. The fourth-order valence-corrected chi connectivity index (χ4v) is 3.61. The summed E-state index contributed by atoms with van der Waals surface area (Å²) < 4.78 is 33.9. The van der Waals surface area contributed by atoms with Crippen LogP contribution in [0.5, 0.6) is 0 Å². The van der Waals surface area contributed by atoms with Crippen LogP contribution in [0.3, 0.4) is 0 Å². The van der Waals surface area contributed by atoms with Crippen molar-refractivity contribution >= 4 is 17.3 Å². The summed E-state index contributed by atoms with van der Waals surface area (Å²) in [6.07, 6.45) is 2.60. The van der Waals surface area contributed by atoms with E-state index in [4.69, 9.17) is 4.42 Å². The molecule has 150 valence electrons. The topological polar surface area (TPSA) is 45.5 Å². The number of amides is 1. The minimum atomic E-state index is -0.442. The van der Waals surface area contributed by atoms with Crippen molar-refractivity contribution in [3.8, 4) is 11.3 Å². The van der Waals surface area contributed by atoms with Crippen LogP contribution in [0.25, 0.3) is 11.3 Å². The molecule has 1 fully saturated rings. The highest BCUT2D eigenvalue weighted by atomic mass is 19.1. The molecule has 29 heavy (non-hydrogen) atoms. The second-order valence-electron chi connectivity index (χ2n) is 7.12. The lowest BCUT2D eigenvalue weighted by atomic mass is 10.1. The number of para-hydroxylation sites is 1. The van der Waals surface area contributed by atoms with Crippen LogP contribution in [0, 0.1) is 11.6 Å².